The van der Waals surface area contributed by atoms with E-state index in [1.807, 2.05) is 0 Å². The summed E-state index contributed by atoms with van der Waals surface area (Å²) in [6, 6.07) is 4.64. The number of phenols is 1. The van der Waals surface area contributed by atoms with Crippen LogP contribution < -0.4 is 4.74 Å². The summed E-state index contributed by atoms with van der Waals surface area (Å²) in [5.41, 5.74) is 0.0813. The summed E-state index contributed by atoms with van der Waals surface area (Å²) in [6.45, 7) is 3.53. The zero-order valence-electron chi connectivity index (χ0n) is 7.97. The first-order chi connectivity index (χ1) is 7.22. The first kappa shape index (κ1) is 9.58. The molecular formula is C11H10O4. The molecule has 2 rings (SSSR count). The van der Waals surface area contributed by atoms with Gasteiger partial charge in [0.05, 0.1) is 0 Å². The molecule has 0 saturated carbocycles. The lowest BCUT2D eigenvalue weighted by Crippen LogP contribution is -2.29. The fraction of sp³-hybridized carbons (Fsp3) is 0.182. The maximum atomic E-state index is 11.5. The Morgan fingerprint density at radius 1 is 1.47 bits per heavy atom. The number of aromatic hydroxyl groups is 1. The molecule has 0 radical (unpaired) electrons. The summed E-state index contributed by atoms with van der Waals surface area (Å²) in [7, 11) is 0. The maximum Gasteiger partial charge on any atom is 0.348 e. The van der Waals surface area contributed by atoms with Gasteiger partial charge < -0.3 is 14.6 Å². The van der Waals surface area contributed by atoms with Crippen molar-refractivity contribution in [2.24, 2.45) is 0 Å². The van der Waals surface area contributed by atoms with Gasteiger partial charge in [-0.1, -0.05) is 12.1 Å². The van der Waals surface area contributed by atoms with Gasteiger partial charge in [0.25, 0.3) is 0 Å². The van der Waals surface area contributed by atoms with Gasteiger partial charge >= 0.3 is 5.97 Å². The minimum absolute atomic E-state index is 0.0813. The minimum Gasteiger partial charge on any atom is -0.507 e. The van der Waals surface area contributed by atoms with Crippen LogP contribution in [-0.4, -0.2) is 17.4 Å². The highest BCUT2D eigenvalue weighted by Gasteiger charge is 2.29. The van der Waals surface area contributed by atoms with Crippen LogP contribution in [0.3, 0.4) is 0 Å². The summed E-state index contributed by atoms with van der Waals surface area (Å²) in [5, 5.41) is 9.44. The predicted octanol–water partition coefficient (Wildman–Crippen LogP) is 1.84. The molecule has 1 heterocycles. The molecule has 0 saturated heterocycles. The Hall–Kier alpha value is -1.97. The summed E-state index contributed by atoms with van der Waals surface area (Å²) in [6.07, 6.45) is 1.37. The van der Waals surface area contributed by atoms with Crippen molar-refractivity contribution in [1.82, 2.24) is 0 Å². The van der Waals surface area contributed by atoms with Gasteiger partial charge in [-0.05, 0) is 12.1 Å². The SMILES string of the molecule is C=CCC1OC(=O)c2c(O)cccc2O1. The Balaban J connectivity index is 2.36. The van der Waals surface area contributed by atoms with E-state index in [-0.39, 0.29) is 11.3 Å². The van der Waals surface area contributed by atoms with Crippen LogP contribution >= 0.6 is 0 Å². The zero-order chi connectivity index (χ0) is 10.8. The first-order valence-electron chi connectivity index (χ1n) is 4.53. The molecule has 0 aliphatic carbocycles. The number of ether oxygens (including phenoxy) is 2. The van der Waals surface area contributed by atoms with E-state index in [2.05, 4.69) is 6.58 Å². The molecule has 15 heavy (non-hydrogen) atoms. The predicted molar refractivity (Wildman–Crippen MR) is 52.8 cm³/mol. The quantitative estimate of drug-likeness (QED) is 0.592. The average Bonchev–Trinajstić information content (AvgIpc) is 2.17. The first-order valence-corrected chi connectivity index (χ1v) is 4.53. The number of esters is 1. The molecular weight excluding hydrogens is 196 g/mol. The van der Waals surface area contributed by atoms with Gasteiger partial charge in [0.15, 0.2) is 0 Å². The Kier molecular flexibility index (Phi) is 2.33. The normalized spacial score (nSPS) is 18.7. The number of hydrogen-bond donors (Lipinski definition) is 1. The van der Waals surface area contributed by atoms with E-state index < -0.39 is 12.3 Å². The number of benzene rings is 1. The smallest absolute Gasteiger partial charge is 0.348 e. The molecule has 1 aliphatic rings. The molecule has 0 spiro atoms. The zero-order valence-corrected chi connectivity index (χ0v) is 7.97. The van der Waals surface area contributed by atoms with Crippen LogP contribution in [0.4, 0.5) is 0 Å². The molecule has 0 aromatic heterocycles. The van der Waals surface area contributed by atoms with E-state index in [0.29, 0.717) is 12.2 Å². The highest BCUT2D eigenvalue weighted by Crippen LogP contribution is 2.33. The minimum atomic E-state index is -0.649. The largest absolute Gasteiger partial charge is 0.507 e. The number of cyclic esters (lactones) is 1. The van der Waals surface area contributed by atoms with Gasteiger partial charge in [-0.3, -0.25) is 0 Å². The van der Waals surface area contributed by atoms with Crippen LogP contribution in [0, 0.1) is 0 Å². The van der Waals surface area contributed by atoms with E-state index in [1.165, 1.54) is 6.07 Å². The lowest BCUT2D eigenvalue weighted by molar-refractivity contribution is -0.0579. The number of carbonyl (C=O) groups is 1. The molecule has 1 aromatic rings. The lowest BCUT2D eigenvalue weighted by atomic mass is 10.1. The van der Waals surface area contributed by atoms with Crippen molar-refractivity contribution in [1.29, 1.82) is 0 Å². The Morgan fingerprint density at radius 3 is 3.00 bits per heavy atom. The number of hydrogen-bond acceptors (Lipinski definition) is 4. The molecule has 4 heteroatoms. The van der Waals surface area contributed by atoms with E-state index in [1.54, 1.807) is 18.2 Å². The van der Waals surface area contributed by atoms with Gasteiger partial charge in [0.1, 0.15) is 17.1 Å². The number of fused-ring (bicyclic) bond motifs is 1. The summed E-state index contributed by atoms with van der Waals surface area (Å²) in [4.78, 5) is 11.5. The van der Waals surface area contributed by atoms with Crippen LogP contribution in [-0.2, 0) is 4.74 Å². The summed E-state index contributed by atoms with van der Waals surface area (Å²) in [5.74, 6) is -0.353. The highest BCUT2D eigenvalue weighted by atomic mass is 16.7. The van der Waals surface area contributed by atoms with Crippen LogP contribution in [0.25, 0.3) is 0 Å². The number of phenolic OH excluding ortho intramolecular Hbond substituents is 1. The van der Waals surface area contributed by atoms with E-state index >= 15 is 0 Å². The van der Waals surface area contributed by atoms with Crippen LogP contribution in [0.5, 0.6) is 11.5 Å². The third kappa shape index (κ3) is 1.66. The van der Waals surface area contributed by atoms with Gasteiger partial charge in [-0.15, -0.1) is 6.58 Å². The molecule has 1 aliphatic heterocycles. The Morgan fingerprint density at radius 2 is 2.27 bits per heavy atom. The molecule has 0 amide bonds. The van der Waals surface area contributed by atoms with Crippen molar-refractivity contribution in [2.75, 3.05) is 0 Å². The van der Waals surface area contributed by atoms with Gasteiger partial charge in [0, 0.05) is 6.42 Å². The molecule has 1 aromatic carbocycles. The summed E-state index contributed by atoms with van der Waals surface area (Å²) < 4.78 is 10.3. The molecule has 1 atom stereocenters. The van der Waals surface area contributed by atoms with Crippen molar-refractivity contribution in [3.8, 4) is 11.5 Å². The molecule has 1 unspecified atom stereocenters. The van der Waals surface area contributed by atoms with Gasteiger partial charge in [-0.25, -0.2) is 4.79 Å². The van der Waals surface area contributed by atoms with Crippen molar-refractivity contribution < 1.29 is 19.4 Å². The average molecular weight is 206 g/mol. The Bertz CT molecular complexity index is 411. The van der Waals surface area contributed by atoms with Crippen molar-refractivity contribution >= 4 is 5.97 Å². The topological polar surface area (TPSA) is 55.8 Å². The van der Waals surface area contributed by atoms with Crippen LogP contribution in [0.1, 0.15) is 16.8 Å². The van der Waals surface area contributed by atoms with Gasteiger partial charge in [-0.2, -0.15) is 0 Å². The van der Waals surface area contributed by atoms with E-state index in [4.69, 9.17) is 9.47 Å². The number of carbonyl (C=O) groups excluding carboxylic acids is 1. The third-order valence-corrected chi connectivity index (χ3v) is 2.06. The maximum absolute atomic E-state index is 11.5. The summed E-state index contributed by atoms with van der Waals surface area (Å²) >= 11 is 0. The standard InChI is InChI=1S/C11H10O4/c1-2-4-9-14-8-6-3-5-7(12)10(8)11(13)15-9/h2-3,5-6,9,12H,1,4H2. The third-order valence-electron chi connectivity index (χ3n) is 2.06. The fourth-order valence-electron chi connectivity index (χ4n) is 1.40. The molecule has 0 bridgehead atoms. The molecule has 0 fully saturated rings. The molecule has 1 N–H and O–H groups in total. The van der Waals surface area contributed by atoms with E-state index in [0.717, 1.165) is 0 Å². The highest BCUT2D eigenvalue weighted by molar-refractivity contribution is 5.96. The lowest BCUT2D eigenvalue weighted by Gasteiger charge is -2.24. The van der Waals surface area contributed by atoms with Gasteiger partial charge in [0.2, 0.25) is 6.29 Å². The monoisotopic (exact) mass is 206 g/mol. The molecule has 4 nitrogen and oxygen atoms in total. The van der Waals surface area contributed by atoms with E-state index in [9.17, 15) is 9.90 Å². The van der Waals surface area contributed by atoms with Crippen molar-refractivity contribution in [3.05, 3.63) is 36.4 Å². The second kappa shape index (κ2) is 3.65. The van der Waals surface area contributed by atoms with Crippen molar-refractivity contribution in [2.45, 2.75) is 12.7 Å². The second-order valence-corrected chi connectivity index (χ2v) is 3.13. The van der Waals surface area contributed by atoms with Crippen LogP contribution in [0.2, 0.25) is 0 Å². The fourth-order valence-corrected chi connectivity index (χ4v) is 1.40. The van der Waals surface area contributed by atoms with Crippen molar-refractivity contribution in [3.63, 3.8) is 0 Å². The van der Waals surface area contributed by atoms with Crippen LogP contribution in [0.15, 0.2) is 30.9 Å². The Labute approximate surface area is 86.7 Å². The number of rotatable bonds is 2. The molecule has 78 valence electrons. The second-order valence-electron chi connectivity index (χ2n) is 3.13.